The van der Waals surface area contributed by atoms with Gasteiger partial charge in [-0.3, -0.25) is 9.62 Å². The van der Waals surface area contributed by atoms with Crippen molar-refractivity contribution in [3.63, 3.8) is 0 Å². The molecule has 0 unspecified atom stereocenters. The molecule has 0 spiro atoms. The van der Waals surface area contributed by atoms with Crippen LogP contribution < -0.4 is 14.2 Å². The van der Waals surface area contributed by atoms with E-state index in [9.17, 15) is 17.6 Å². The number of methoxy groups -OCH3 is 2. The second-order valence-electron chi connectivity index (χ2n) is 8.69. The van der Waals surface area contributed by atoms with E-state index in [4.69, 9.17) is 14.6 Å². The number of likely N-dealkylation sites (tertiary alicyclic amines) is 1. The number of benzene rings is 3. The highest BCUT2D eigenvalue weighted by Gasteiger charge is 2.36. The van der Waals surface area contributed by atoms with Gasteiger partial charge in [0.2, 0.25) is 10.0 Å². The SMILES string of the molecule is COc1ccc(C(c2ccc(OC)cc2)N2CC(CS(=O)(=O)Nc3cc(F)cc(C(=O)O)c3)C2)cc1. The van der Waals surface area contributed by atoms with Crippen LogP contribution in [0.3, 0.4) is 0 Å². The van der Waals surface area contributed by atoms with Crippen LogP contribution in [-0.4, -0.2) is 57.5 Å². The summed E-state index contributed by atoms with van der Waals surface area (Å²) < 4.78 is 52.0. The van der Waals surface area contributed by atoms with Gasteiger partial charge in [0, 0.05) is 19.0 Å². The van der Waals surface area contributed by atoms with Crippen LogP contribution in [-0.2, 0) is 10.0 Å². The minimum Gasteiger partial charge on any atom is -0.497 e. The summed E-state index contributed by atoms with van der Waals surface area (Å²) in [6, 6.07) is 18.3. The summed E-state index contributed by atoms with van der Waals surface area (Å²) in [5, 5.41) is 9.09. The monoisotopic (exact) mass is 514 g/mol. The van der Waals surface area contributed by atoms with Crippen LogP contribution in [0.4, 0.5) is 10.1 Å². The normalized spacial score (nSPS) is 14.3. The lowest BCUT2D eigenvalue weighted by Crippen LogP contribution is -2.51. The first-order valence-electron chi connectivity index (χ1n) is 11.2. The number of nitrogens with zero attached hydrogens (tertiary/aromatic N) is 1. The summed E-state index contributed by atoms with van der Waals surface area (Å²) in [6.45, 7) is 1.07. The third-order valence-corrected chi connectivity index (χ3v) is 7.54. The van der Waals surface area contributed by atoms with Crippen LogP contribution in [0.1, 0.15) is 27.5 Å². The van der Waals surface area contributed by atoms with E-state index in [-0.39, 0.29) is 29.0 Å². The second kappa shape index (κ2) is 10.5. The van der Waals surface area contributed by atoms with E-state index in [1.807, 2.05) is 48.5 Å². The molecule has 1 saturated heterocycles. The smallest absolute Gasteiger partial charge is 0.335 e. The molecule has 0 amide bonds. The van der Waals surface area contributed by atoms with Gasteiger partial charge in [0.1, 0.15) is 17.3 Å². The van der Waals surface area contributed by atoms with Crippen molar-refractivity contribution < 1.29 is 32.2 Å². The Bertz CT molecular complexity index is 1280. The van der Waals surface area contributed by atoms with Crippen LogP contribution in [0, 0.1) is 11.7 Å². The number of carboxylic acids is 1. The molecule has 1 aliphatic heterocycles. The van der Waals surface area contributed by atoms with Crippen LogP contribution in [0.25, 0.3) is 0 Å². The molecular weight excluding hydrogens is 487 g/mol. The van der Waals surface area contributed by atoms with Crippen molar-refractivity contribution in [2.24, 2.45) is 5.92 Å². The van der Waals surface area contributed by atoms with E-state index in [0.717, 1.165) is 40.8 Å². The minimum atomic E-state index is -3.82. The Labute approximate surface area is 209 Å². The Balaban J connectivity index is 1.47. The van der Waals surface area contributed by atoms with Gasteiger partial charge in [-0.25, -0.2) is 17.6 Å². The zero-order valence-electron chi connectivity index (χ0n) is 19.8. The van der Waals surface area contributed by atoms with Gasteiger partial charge in [-0.2, -0.15) is 0 Å². The van der Waals surface area contributed by atoms with Crippen molar-refractivity contribution in [3.8, 4) is 11.5 Å². The Hall–Kier alpha value is -3.63. The highest BCUT2D eigenvalue weighted by molar-refractivity contribution is 7.92. The number of anilines is 1. The second-order valence-corrected chi connectivity index (χ2v) is 10.5. The highest BCUT2D eigenvalue weighted by atomic mass is 32.2. The molecule has 36 heavy (non-hydrogen) atoms. The predicted molar refractivity (Wildman–Crippen MR) is 134 cm³/mol. The fraction of sp³-hybridized carbons (Fsp3) is 0.269. The van der Waals surface area contributed by atoms with Crippen LogP contribution in [0.15, 0.2) is 66.7 Å². The van der Waals surface area contributed by atoms with Gasteiger partial charge in [0.15, 0.2) is 0 Å². The summed E-state index contributed by atoms with van der Waals surface area (Å²) in [6.07, 6.45) is 0. The van der Waals surface area contributed by atoms with Crippen LogP contribution >= 0.6 is 0 Å². The minimum absolute atomic E-state index is 0.0879. The number of hydrogen-bond acceptors (Lipinski definition) is 6. The number of sulfonamides is 1. The zero-order chi connectivity index (χ0) is 25.9. The molecule has 2 N–H and O–H groups in total. The molecule has 4 rings (SSSR count). The standard InChI is InChI=1S/C26H27FN2O6S/c1-34-23-7-3-18(4-8-23)25(19-5-9-24(35-2)10-6-19)29-14-17(15-29)16-36(32,33)28-22-12-20(26(30)31)11-21(27)13-22/h3-13,17,25,28H,14-16H2,1-2H3,(H,30,31). The van der Waals surface area contributed by atoms with Crippen molar-refractivity contribution in [2.45, 2.75) is 6.04 Å². The molecule has 0 atom stereocenters. The first-order valence-corrected chi connectivity index (χ1v) is 12.9. The molecule has 0 saturated carbocycles. The summed E-state index contributed by atoms with van der Waals surface area (Å²) in [7, 11) is -0.604. The summed E-state index contributed by atoms with van der Waals surface area (Å²) in [4.78, 5) is 13.3. The lowest BCUT2D eigenvalue weighted by molar-refractivity contribution is 0.0696. The molecule has 190 valence electrons. The lowest BCUT2D eigenvalue weighted by atomic mass is 9.91. The highest BCUT2D eigenvalue weighted by Crippen LogP contribution is 2.36. The van der Waals surface area contributed by atoms with Crippen LogP contribution in [0.2, 0.25) is 0 Å². The number of ether oxygens (including phenoxy) is 2. The Morgan fingerprint density at radius 1 is 1.00 bits per heavy atom. The van der Waals surface area contributed by atoms with Gasteiger partial charge in [0.25, 0.3) is 0 Å². The number of carbonyl (C=O) groups is 1. The van der Waals surface area contributed by atoms with Crippen molar-refractivity contribution in [3.05, 3.63) is 89.2 Å². The van der Waals surface area contributed by atoms with E-state index in [2.05, 4.69) is 9.62 Å². The van der Waals surface area contributed by atoms with Gasteiger partial charge in [-0.05, 0) is 53.6 Å². The van der Waals surface area contributed by atoms with Crippen molar-refractivity contribution in [2.75, 3.05) is 37.8 Å². The molecule has 3 aromatic rings. The largest absolute Gasteiger partial charge is 0.497 e. The third-order valence-electron chi connectivity index (χ3n) is 6.09. The van der Waals surface area contributed by atoms with Crippen molar-refractivity contribution in [1.82, 2.24) is 4.90 Å². The Morgan fingerprint density at radius 2 is 1.53 bits per heavy atom. The van der Waals surface area contributed by atoms with E-state index in [1.54, 1.807) is 14.2 Å². The molecular formula is C26H27FN2O6S. The number of hydrogen-bond donors (Lipinski definition) is 2. The number of halogens is 1. The van der Waals surface area contributed by atoms with E-state index in [1.165, 1.54) is 0 Å². The maximum Gasteiger partial charge on any atom is 0.335 e. The number of aromatic carboxylic acids is 1. The van der Waals surface area contributed by atoms with E-state index >= 15 is 0 Å². The molecule has 10 heteroatoms. The van der Waals surface area contributed by atoms with Gasteiger partial charge < -0.3 is 14.6 Å². The molecule has 1 aliphatic rings. The van der Waals surface area contributed by atoms with Gasteiger partial charge in [-0.15, -0.1) is 0 Å². The number of carboxylic acid groups (broad SMARTS) is 1. The molecule has 1 fully saturated rings. The first kappa shape index (κ1) is 25.5. The summed E-state index contributed by atoms with van der Waals surface area (Å²) in [5.74, 6) is -0.991. The summed E-state index contributed by atoms with van der Waals surface area (Å²) in [5.41, 5.74) is 1.64. The zero-order valence-corrected chi connectivity index (χ0v) is 20.7. The molecule has 1 heterocycles. The number of rotatable bonds is 10. The molecule has 0 aromatic heterocycles. The predicted octanol–water partition coefficient (Wildman–Crippen LogP) is 4.00. The maximum absolute atomic E-state index is 13.7. The fourth-order valence-electron chi connectivity index (χ4n) is 4.42. The maximum atomic E-state index is 13.7. The van der Waals surface area contributed by atoms with E-state index < -0.39 is 21.8 Å². The number of nitrogens with one attached hydrogen (secondary N) is 1. The van der Waals surface area contributed by atoms with Crippen molar-refractivity contribution in [1.29, 1.82) is 0 Å². The van der Waals surface area contributed by atoms with E-state index in [0.29, 0.717) is 13.1 Å². The third kappa shape index (κ3) is 5.95. The Morgan fingerprint density at radius 3 is 2.00 bits per heavy atom. The quantitative estimate of drug-likeness (QED) is 0.421. The van der Waals surface area contributed by atoms with Crippen molar-refractivity contribution >= 4 is 21.7 Å². The van der Waals surface area contributed by atoms with Gasteiger partial charge in [-0.1, -0.05) is 24.3 Å². The topological polar surface area (TPSA) is 105 Å². The molecule has 3 aromatic carbocycles. The average molecular weight is 515 g/mol. The first-order chi connectivity index (χ1) is 17.2. The molecule has 0 radical (unpaired) electrons. The van der Waals surface area contributed by atoms with Crippen LogP contribution in [0.5, 0.6) is 11.5 Å². The molecule has 8 nitrogen and oxygen atoms in total. The lowest BCUT2D eigenvalue weighted by Gasteiger charge is -2.44. The fourth-order valence-corrected chi connectivity index (χ4v) is 5.81. The Kier molecular flexibility index (Phi) is 7.46. The molecule has 0 bridgehead atoms. The van der Waals surface area contributed by atoms with Gasteiger partial charge in [0.05, 0.1) is 37.3 Å². The average Bonchev–Trinajstić information content (AvgIpc) is 2.82. The molecule has 0 aliphatic carbocycles. The summed E-state index contributed by atoms with van der Waals surface area (Å²) >= 11 is 0. The van der Waals surface area contributed by atoms with Gasteiger partial charge >= 0.3 is 5.97 Å².